The number of amides is 1. The summed E-state index contributed by atoms with van der Waals surface area (Å²) in [5, 5.41) is 13.5. The van der Waals surface area contributed by atoms with E-state index in [1.165, 1.54) is 12.3 Å². The average molecular weight is 303 g/mol. The number of nitrogens with zero attached hydrogens (tertiary/aromatic N) is 1. The average Bonchev–Trinajstić information content (AvgIpc) is 2.74. The maximum atomic E-state index is 12.2. The zero-order valence-electron chi connectivity index (χ0n) is 10.8. The third-order valence-electron chi connectivity index (χ3n) is 3.44. The van der Waals surface area contributed by atoms with Gasteiger partial charge in [0, 0.05) is 11.8 Å². The molecule has 2 N–H and O–H groups in total. The summed E-state index contributed by atoms with van der Waals surface area (Å²) in [5.41, 5.74) is -1.06. The van der Waals surface area contributed by atoms with Crippen LogP contribution in [0.5, 0.6) is 0 Å². The fourth-order valence-corrected chi connectivity index (χ4v) is 2.58. The second kappa shape index (κ2) is 4.95. The van der Waals surface area contributed by atoms with Crippen LogP contribution in [0.3, 0.4) is 0 Å². The summed E-state index contributed by atoms with van der Waals surface area (Å²) in [5.74, 6) is -1.07. The Morgan fingerprint density at radius 1 is 1.29 bits per heavy atom. The van der Waals surface area contributed by atoms with Crippen molar-refractivity contribution in [1.82, 2.24) is 4.98 Å². The van der Waals surface area contributed by atoms with Gasteiger partial charge in [-0.1, -0.05) is 29.8 Å². The van der Waals surface area contributed by atoms with Crippen LogP contribution in [0.4, 0.5) is 5.69 Å². The molecule has 1 aromatic carbocycles. The zero-order valence-corrected chi connectivity index (χ0v) is 11.6. The first-order valence-electron chi connectivity index (χ1n) is 6.29. The molecule has 1 aromatic heterocycles. The predicted octanol–water partition coefficient (Wildman–Crippen LogP) is 2.15. The van der Waals surface area contributed by atoms with E-state index >= 15 is 0 Å². The molecule has 0 unspecified atom stereocenters. The lowest BCUT2D eigenvalue weighted by Crippen LogP contribution is -2.36. The minimum Gasteiger partial charge on any atom is -0.375 e. The molecule has 1 amide bonds. The minimum absolute atomic E-state index is 0.203. The van der Waals surface area contributed by atoms with Gasteiger partial charge in [-0.3, -0.25) is 14.6 Å². The van der Waals surface area contributed by atoms with Crippen molar-refractivity contribution in [2.75, 3.05) is 5.32 Å². The number of aliphatic hydroxyl groups is 1. The number of para-hydroxylation sites is 1. The van der Waals surface area contributed by atoms with Gasteiger partial charge in [0.2, 0.25) is 0 Å². The topological polar surface area (TPSA) is 79.3 Å². The van der Waals surface area contributed by atoms with Gasteiger partial charge >= 0.3 is 0 Å². The fraction of sp³-hybridized carbons (Fsp3) is 0.133. The summed E-state index contributed by atoms with van der Waals surface area (Å²) in [6.07, 6.45) is 1.10. The third-order valence-corrected chi connectivity index (χ3v) is 3.76. The molecule has 5 nitrogen and oxygen atoms in total. The van der Waals surface area contributed by atoms with Crippen LogP contribution in [0.2, 0.25) is 5.02 Å². The molecule has 1 atom stereocenters. The summed E-state index contributed by atoms with van der Waals surface area (Å²) in [6, 6.07) is 9.69. The van der Waals surface area contributed by atoms with Crippen LogP contribution in [-0.4, -0.2) is 21.8 Å². The Kier molecular flexibility index (Phi) is 3.23. The van der Waals surface area contributed by atoms with Crippen molar-refractivity contribution < 1.29 is 14.7 Å². The highest BCUT2D eigenvalue weighted by molar-refractivity contribution is 6.34. The van der Waals surface area contributed by atoms with Crippen molar-refractivity contribution in [2.45, 2.75) is 12.0 Å². The van der Waals surface area contributed by atoms with Gasteiger partial charge in [-0.05, 0) is 18.2 Å². The Bertz CT molecular complexity index is 733. The monoisotopic (exact) mass is 302 g/mol. The van der Waals surface area contributed by atoms with Gasteiger partial charge in [-0.25, -0.2) is 0 Å². The third kappa shape index (κ3) is 2.20. The first kappa shape index (κ1) is 13.7. The highest BCUT2D eigenvalue weighted by Crippen LogP contribution is 2.42. The summed E-state index contributed by atoms with van der Waals surface area (Å²) >= 11 is 5.99. The number of pyridine rings is 1. The van der Waals surface area contributed by atoms with Crippen LogP contribution in [-0.2, 0) is 10.4 Å². The van der Waals surface area contributed by atoms with E-state index in [1.54, 1.807) is 30.3 Å². The minimum atomic E-state index is -1.92. The van der Waals surface area contributed by atoms with Crippen molar-refractivity contribution in [3.63, 3.8) is 0 Å². The molecule has 1 aliphatic heterocycles. The largest absolute Gasteiger partial charge is 0.375 e. The van der Waals surface area contributed by atoms with E-state index in [2.05, 4.69) is 10.3 Å². The number of hydrogen-bond acceptors (Lipinski definition) is 4. The normalized spacial score (nSPS) is 20.0. The molecule has 0 spiro atoms. The molecule has 0 fully saturated rings. The number of carbonyl (C=O) groups is 2. The van der Waals surface area contributed by atoms with Crippen LogP contribution < -0.4 is 5.32 Å². The quantitative estimate of drug-likeness (QED) is 0.851. The molecule has 0 bridgehead atoms. The summed E-state index contributed by atoms with van der Waals surface area (Å²) < 4.78 is 0. The maximum Gasteiger partial charge on any atom is 0.261 e. The highest BCUT2D eigenvalue weighted by atomic mass is 35.5. The van der Waals surface area contributed by atoms with Gasteiger partial charge in [0.05, 0.1) is 17.1 Å². The van der Waals surface area contributed by atoms with Gasteiger partial charge in [0.15, 0.2) is 11.4 Å². The molecule has 1 aliphatic rings. The Hall–Kier alpha value is -2.24. The van der Waals surface area contributed by atoms with E-state index in [0.717, 1.165) is 0 Å². The molecule has 106 valence electrons. The Balaban J connectivity index is 1.97. The van der Waals surface area contributed by atoms with Gasteiger partial charge in [-0.2, -0.15) is 0 Å². The second-order valence-corrected chi connectivity index (χ2v) is 5.20. The molecule has 0 radical (unpaired) electrons. The molecule has 0 saturated heterocycles. The van der Waals surface area contributed by atoms with E-state index in [9.17, 15) is 14.7 Å². The zero-order chi connectivity index (χ0) is 15.0. The molecule has 2 heterocycles. The van der Waals surface area contributed by atoms with E-state index in [0.29, 0.717) is 16.3 Å². The SMILES string of the molecule is O=C(C[C@]1(O)C(=O)Nc2c(Cl)cccc21)c1ccccn1. The second-order valence-electron chi connectivity index (χ2n) is 4.79. The predicted molar refractivity (Wildman–Crippen MR) is 77.2 cm³/mol. The van der Waals surface area contributed by atoms with E-state index in [-0.39, 0.29) is 12.1 Å². The number of anilines is 1. The Morgan fingerprint density at radius 2 is 2.10 bits per heavy atom. The number of ketones is 1. The molecule has 3 rings (SSSR count). The van der Waals surface area contributed by atoms with Gasteiger partial charge in [-0.15, -0.1) is 0 Å². The first-order chi connectivity index (χ1) is 10.0. The van der Waals surface area contributed by atoms with Crippen LogP contribution in [0.25, 0.3) is 0 Å². The number of rotatable bonds is 3. The lowest BCUT2D eigenvalue weighted by molar-refractivity contribution is -0.133. The lowest BCUT2D eigenvalue weighted by atomic mass is 9.89. The fourth-order valence-electron chi connectivity index (χ4n) is 2.36. The molecular weight excluding hydrogens is 292 g/mol. The lowest BCUT2D eigenvalue weighted by Gasteiger charge is -2.19. The molecular formula is C15H11ClN2O3. The number of carbonyl (C=O) groups excluding carboxylic acids is 2. The van der Waals surface area contributed by atoms with E-state index < -0.39 is 17.3 Å². The maximum absolute atomic E-state index is 12.2. The standard InChI is InChI=1S/C15H11ClN2O3/c16-10-5-3-4-9-13(10)18-14(20)15(9,21)8-12(19)11-6-1-2-7-17-11/h1-7,21H,8H2,(H,18,20)/t15-/m1/s1. The van der Waals surface area contributed by atoms with Crippen molar-refractivity contribution in [2.24, 2.45) is 0 Å². The molecule has 2 aromatic rings. The summed E-state index contributed by atoms with van der Waals surface area (Å²) in [6.45, 7) is 0. The van der Waals surface area contributed by atoms with Gasteiger partial charge in [0.1, 0.15) is 5.69 Å². The van der Waals surface area contributed by atoms with E-state index in [1.807, 2.05) is 0 Å². The number of benzene rings is 1. The summed E-state index contributed by atoms with van der Waals surface area (Å²) in [4.78, 5) is 28.2. The van der Waals surface area contributed by atoms with E-state index in [4.69, 9.17) is 11.6 Å². The molecule has 21 heavy (non-hydrogen) atoms. The number of hydrogen-bond donors (Lipinski definition) is 2. The number of Topliss-reactive ketones (excluding diaryl/α,β-unsaturated/α-hetero) is 1. The molecule has 0 saturated carbocycles. The smallest absolute Gasteiger partial charge is 0.261 e. The van der Waals surface area contributed by atoms with Gasteiger partial charge < -0.3 is 10.4 Å². The first-order valence-corrected chi connectivity index (χ1v) is 6.67. The number of nitrogens with one attached hydrogen (secondary N) is 1. The van der Waals surface area contributed by atoms with Crippen molar-refractivity contribution in [1.29, 1.82) is 0 Å². The molecule has 0 aliphatic carbocycles. The Labute approximate surface area is 125 Å². The number of aromatic nitrogens is 1. The number of halogens is 1. The van der Waals surface area contributed by atoms with Crippen LogP contribution in [0.1, 0.15) is 22.5 Å². The van der Waals surface area contributed by atoms with Crippen LogP contribution >= 0.6 is 11.6 Å². The van der Waals surface area contributed by atoms with Crippen LogP contribution in [0.15, 0.2) is 42.6 Å². The highest BCUT2D eigenvalue weighted by Gasteiger charge is 2.47. The van der Waals surface area contributed by atoms with Crippen molar-refractivity contribution >= 4 is 29.0 Å². The van der Waals surface area contributed by atoms with Crippen molar-refractivity contribution in [3.8, 4) is 0 Å². The summed E-state index contributed by atoms with van der Waals surface area (Å²) in [7, 11) is 0. The number of fused-ring (bicyclic) bond motifs is 1. The van der Waals surface area contributed by atoms with Crippen molar-refractivity contribution in [3.05, 3.63) is 58.9 Å². The van der Waals surface area contributed by atoms with Crippen LogP contribution in [0, 0.1) is 0 Å². The molecule has 6 heteroatoms. The van der Waals surface area contributed by atoms with Gasteiger partial charge in [0.25, 0.3) is 5.91 Å². The Morgan fingerprint density at radius 3 is 2.81 bits per heavy atom.